The second kappa shape index (κ2) is 3.45. The summed E-state index contributed by atoms with van der Waals surface area (Å²) in [4.78, 5) is 1.57. The summed E-state index contributed by atoms with van der Waals surface area (Å²) in [6.07, 6.45) is 0. The molecular formula is C8H10ClN3. The molecule has 4 heteroatoms. The molecule has 0 aliphatic rings. The summed E-state index contributed by atoms with van der Waals surface area (Å²) in [6.45, 7) is 0. The van der Waals surface area contributed by atoms with Crippen molar-refractivity contribution in [2.45, 2.75) is 0 Å². The van der Waals surface area contributed by atoms with Gasteiger partial charge in [-0.2, -0.15) is 0 Å². The van der Waals surface area contributed by atoms with E-state index < -0.39 is 0 Å². The minimum absolute atomic E-state index is 0.0114. The van der Waals surface area contributed by atoms with Gasteiger partial charge in [-0.1, -0.05) is 11.6 Å². The number of anilines is 1. The lowest BCUT2D eigenvalue weighted by atomic mass is 10.3. The molecule has 0 unspecified atom stereocenters. The van der Waals surface area contributed by atoms with Gasteiger partial charge >= 0.3 is 0 Å². The molecule has 0 aliphatic carbocycles. The third-order valence-electron chi connectivity index (χ3n) is 1.58. The third-order valence-corrected chi connectivity index (χ3v) is 1.83. The van der Waals surface area contributed by atoms with Crippen LogP contribution in [0.25, 0.3) is 0 Å². The SMILES string of the molecule is CN(C(=N)N)c1ccc(Cl)cc1. The summed E-state index contributed by atoms with van der Waals surface area (Å²) < 4.78 is 0. The van der Waals surface area contributed by atoms with E-state index in [4.69, 9.17) is 22.7 Å². The van der Waals surface area contributed by atoms with Crippen LogP contribution in [0.15, 0.2) is 24.3 Å². The molecule has 1 aromatic rings. The van der Waals surface area contributed by atoms with Crippen molar-refractivity contribution in [1.82, 2.24) is 0 Å². The predicted molar refractivity (Wildman–Crippen MR) is 51.8 cm³/mol. The average Bonchev–Trinajstić information content (AvgIpc) is 2.04. The lowest BCUT2D eigenvalue weighted by Crippen LogP contribution is -2.32. The maximum atomic E-state index is 7.16. The highest BCUT2D eigenvalue weighted by atomic mass is 35.5. The molecule has 3 N–H and O–H groups in total. The number of benzene rings is 1. The number of hydrogen-bond acceptors (Lipinski definition) is 1. The molecular weight excluding hydrogens is 174 g/mol. The van der Waals surface area contributed by atoms with E-state index >= 15 is 0 Å². The van der Waals surface area contributed by atoms with E-state index in [1.165, 1.54) is 0 Å². The number of rotatable bonds is 1. The third kappa shape index (κ3) is 1.89. The van der Waals surface area contributed by atoms with Crippen LogP contribution in [-0.4, -0.2) is 13.0 Å². The fourth-order valence-electron chi connectivity index (χ4n) is 0.804. The van der Waals surface area contributed by atoms with Gasteiger partial charge in [0, 0.05) is 17.8 Å². The van der Waals surface area contributed by atoms with Crippen LogP contribution in [0.2, 0.25) is 5.02 Å². The number of nitrogens with one attached hydrogen (secondary N) is 1. The molecule has 64 valence electrons. The van der Waals surface area contributed by atoms with Crippen LogP contribution >= 0.6 is 11.6 Å². The van der Waals surface area contributed by atoms with Crippen molar-refractivity contribution in [1.29, 1.82) is 5.41 Å². The lowest BCUT2D eigenvalue weighted by Gasteiger charge is -2.16. The van der Waals surface area contributed by atoms with Crippen LogP contribution in [0.5, 0.6) is 0 Å². The molecule has 1 rings (SSSR count). The second-order valence-electron chi connectivity index (χ2n) is 2.42. The van der Waals surface area contributed by atoms with Crippen molar-refractivity contribution in [3.8, 4) is 0 Å². The van der Waals surface area contributed by atoms with Gasteiger partial charge in [-0.3, -0.25) is 5.41 Å². The largest absolute Gasteiger partial charge is 0.370 e. The monoisotopic (exact) mass is 183 g/mol. The summed E-state index contributed by atoms with van der Waals surface area (Å²) >= 11 is 5.69. The molecule has 1 aromatic carbocycles. The molecule has 0 aliphatic heterocycles. The van der Waals surface area contributed by atoms with E-state index in [0.717, 1.165) is 5.69 Å². The molecule has 0 spiro atoms. The number of hydrogen-bond donors (Lipinski definition) is 2. The van der Waals surface area contributed by atoms with E-state index in [1.807, 2.05) is 12.1 Å². The number of halogens is 1. The Hall–Kier alpha value is -1.22. The van der Waals surface area contributed by atoms with Crippen molar-refractivity contribution in [3.63, 3.8) is 0 Å². The number of nitrogens with zero attached hydrogens (tertiary/aromatic N) is 1. The fourth-order valence-corrected chi connectivity index (χ4v) is 0.930. The van der Waals surface area contributed by atoms with Crippen LogP contribution in [0, 0.1) is 5.41 Å². The van der Waals surface area contributed by atoms with E-state index in [-0.39, 0.29) is 5.96 Å². The maximum Gasteiger partial charge on any atom is 0.192 e. The van der Waals surface area contributed by atoms with Crippen molar-refractivity contribution in [2.24, 2.45) is 5.73 Å². The molecule has 12 heavy (non-hydrogen) atoms. The lowest BCUT2D eigenvalue weighted by molar-refractivity contribution is 1.20. The summed E-state index contributed by atoms with van der Waals surface area (Å²) in [5, 5.41) is 7.84. The molecule has 0 heterocycles. The Morgan fingerprint density at radius 1 is 1.42 bits per heavy atom. The highest BCUT2D eigenvalue weighted by Gasteiger charge is 2.01. The van der Waals surface area contributed by atoms with Gasteiger partial charge in [0.05, 0.1) is 0 Å². The summed E-state index contributed by atoms with van der Waals surface area (Å²) in [7, 11) is 1.73. The van der Waals surface area contributed by atoms with Crippen LogP contribution in [0.1, 0.15) is 0 Å². The highest BCUT2D eigenvalue weighted by Crippen LogP contribution is 2.15. The molecule has 0 amide bonds. The smallest absolute Gasteiger partial charge is 0.192 e. The molecule has 0 bridgehead atoms. The highest BCUT2D eigenvalue weighted by molar-refractivity contribution is 6.30. The molecule has 0 atom stereocenters. The van der Waals surface area contributed by atoms with Gasteiger partial charge in [0.15, 0.2) is 5.96 Å². The van der Waals surface area contributed by atoms with E-state index in [9.17, 15) is 0 Å². The molecule has 0 fully saturated rings. The molecule has 0 saturated carbocycles. The molecule has 0 aromatic heterocycles. The second-order valence-corrected chi connectivity index (χ2v) is 2.86. The first kappa shape index (κ1) is 8.87. The zero-order valence-corrected chi connectivity index (χ0v) is 7.47. The van der Waals surface area contributed by atoms with Gasteiger partial charge in [0.25, 0.3) is 0 Å². The van der Waals surface area contributed by atoms with Crippen LogP contribution in [-0.2, 0) is 0 Å². The topological polar surface area (TPSA) is 53.1 Å². The Bertz CT molecular complexity index is 281. The normalized spacial score (nSPS) is 9.50. The van der Waals surface area contributed by atoms with Crippen LogP contribution in [0.3, 0.4) is 0 Å². The van der Waals surface area contributed by atoms with Crippen LogP contribution in [0.4, 0.5) is 5.69 Å². The van der Waals surface area contributed by atoms with Gasteiger partial charge in [0.1, 0.15) is 0 Å². The first-order valence-electron chi connectivity index (χ1n) is 3.44. The molecule has 3 nitrogen and oxygen atoms in total. The van der Waals surface area contributed by atoms with Crippen molar-refractivity contribution in [3.05, 3.63) is 29.3 Å². The quantitative estimate of drug-likeness (QED) is 0.514. The minimum atomic E-state index is 0.0114. The maximum absolute atomic E-state index is 7.16. The zero-order chi connectivity index (χ0) is 9.14. The van der Waals surface area contributed by atoms with Gasteiger partial charge in [-0.15, -0.1) is 0 Å². The molecule has 0 saturated heterocycles. The zero-order valence-electron chi connectivity index (χ0n) is 6.71. The number of guanidine groups is 1. The summed E-state index contributed by atoms with van der Waals surface area (Å²) in [6, 6.07) is 7.14. The van der Waals surface area contributed by atoms with Crippen molar-refractivity contribution >= 4 is 23.2 Å². The predicted octanol–water partition coefficient (Wildman–Crippen LogP) is 1.67. The Balaban J connectivity index is 2.89. The first-order chi connectivity index (χ1) is 5.61. The Morgan fingerprint density at radius 3 is 2.33 bits per heavy atom. The van der Waals surface area contributed by atoms with Gasteiger partial charge in [0.2, 0.25) is 0 Å². The Labute approximate surface area is 76.2 Å². The van der Waals surface area contributed by atoms with Gasteiger partial charge in [-0.05, 0) is 24.3 Å². The van der Waals surface area contributed by atoms with Gasteiger partial charge in [-0.25, -0.2) is 0 Å². The Kier molecular flexibility index (Phi) is 2.55. The average molecular weight is 184 g/mol. The standard InChI is InChI=1S/C8H10ClN3/c1-12(8(10)11)7-4-2-6(9)3-5-7/h2-5H,1H3,(H3,10,11). The summed E-state index contributed by atoms with van der Waals surface area (Å²) in [5.74, 6) is 0.0114. The van der Waals surface area contributed by atoms with E-state index in [0.29, 0.717) is 5.02 Å². The minimum Gasteiger partial charge on any atom is -0.370 e. The van der Waals surface area contributed by atoms with E-state index in [2.05, 4.69) is 0 Å². The first-order valence-corrected chi connectivity index (χ1v) is 3.82. The fraction of sp³-hybridized carbons (Fsp3) is 0.125. The van der Waals surface area contributed by atoms with Crippen LogP contribution < -0.4 is 10.6 Å². The van der Waals surface area contributed by atoms with E-state index in [1.54, 1.807) is 24.1 Å². The number of nitrogens with two attached hydrogens (primary N) is 1. The van der Waals surface area contributed by atoms with Crippen molar-refractivity contribution in [2.75, 3.05) is 11.9 Å². The van der Waals surface area contributed by atoms with Gasteiger partial charge < -0.3 is 10.6 Å². The molecule has 0 radical (unpaired) electrons. The summed E-state index contributed by atoms with van der Waals surface area (Å²) in [5.41, 5.74) is 6.14. The van der Waals surface area contributed by atoms with Crippen molar-refractivity contribution < 1.29 is 0 Å². The Morgan fingerprint density at radius 2 is 1.92 bits per heavy atom.